The second kappa shape index (κ2) is 19.7. The van der Waals surface area contributed by atoms with Crippen LogP contribution in [0, 0.1) is 0 Å². The van der Waals surface area contributed by atoms with E-state index in [4.69, 9.17) is 0 Å². The lowest BCUT2D eigenvalue weighted by Crippen LogP contribution is -2.45. The average Bonchev–Trinajstić information content (AvgIpc) is 2.65. The largest absolute Gasteiger partial charge is 0.326 e. The van der Waals surface area contributed by atoms with Crippen molar-refractivity contribution >= 4 is 0 Å². The number of hydrogen-bond donors (Lipinski definition) is 0. The standard InChI is InChI=1S/C25H54N/c1-5-8-10-12-14-16-18-20-22-24-26(4,7-3)25-23-21-19-17-15-13-11-9-6-2/h5-25H2,1-4H3/q+1. The predicted octanol–water partition coefficient (Wildman–Crippen LogP) is 8.51. The van der Waals surface area contributed by atoms with E-state index in [0.717, 1.165) is 0 Å². The third-order valence-corrected chi connectivity index (χ3v) is 6.37. The average molecular weight is 369 g/mol. The topological polar surface area (TPSA) is 0 Å². The van der Waals surface area contributed by atoms with Gasteiger partial charge in [-0.3, -0.25) is 0 Å². The molecule has 0 aromatic rings. The van der Waals surface area contributed by atoms with Crippen LogP contribution in [0.1, 0.15) is 136 Å². The maximum absolute atomic E-state index is 2.50. The van der Waals surface area contributed by atoms with Crippen molar-refractivity contribution in [3.05, 3.63) is 0 Å². The summed E-state index contributed by atoms with van der Waals surface area (Å²) in [6, 6.07) is 0. The van der Waals surface area contributed by atoms with E-state index in [1.807, 2.05) is 0 Å². The van der Waals surface area contributed by atoms with E-state index in [9.17, 15) is 0 Å². The van der Waals surface area contributed by atoms with Gasteiger partial charge in [-0.05, 0) is 32.6 Å². The Morgan fingerprint density at radius 2 is 0.654 bits per heavy atom. The van der Waals surface area contributed by atoms with Gasteiger partial charge in [0, 0.05) is 0 Å². The van der Waals surface area contributed by atoms with Crippen LogP contribution in [0.2, 0.25) is 0 Å². The van der Waals surface area contributed by atoms with Crippen LogP contribution in [-0.4, -0.2) is 31.2 Å². The highest BCUT2D eigenvalue weighted by molar-refractivity contribution is 4.50. The highest BCUT2D eigenvalue weighted by Gasteiger charge is 2.17. The molecule has 0 rings (SSSR count). The number of nitrogens with zero attached hydrogens (tertiary/aromatic N) is 1. The Bertz CT molecular complexity index is 239. The molecule has 0 bridgehead atoms. The van der Waals surface area contributed by atoms with Crippen molar-refractivity contribution in [2.24, 2.45) is 0 Å². The molecular weight excluding hydrogens is 314 g/mol. The lowest BCUT2D eigenvalue weighted by Gasteiger charge is -2.33. The van der Waals surface area contributed by atoms with Crippen LogP contribution in [0.5, 0.6) is 0 Å². The van der Waals surface area contributed by atoms with Gasteiger partial charge in [0.05, 0.1) is 26.7 Å². The molecule has 0 amide bonds. The zero-order valence-electron chi connectivity index (χ0n) is 19.3. The second-order valence-corrected chi connectivity index (χ2v) is 9.04. The Morgan fingerprint density at radius 1 is 0.385 bits per heavy atom. The molecule has 1 nitrogen and oxygen atoms in total. The minimum atomic E-state index is 1.31. The summed E-state index contributed by atoms with van der Waals surface area (Å²) in [6.45, 7) is 11.1. The first-order valence-electron chi connectivity index (χ1n) is 12.5. The van der Waals surface area contributed by atoms with Crippen molar-refractivity contribution in [3.8, 4) is 0 Å². The number of unbranched alkanes of at least 4 members (excludes halogenated alkanes) is 16. The zero-order valence-corrected chi connectivity index (χ0v) is 19.3. The lowest BCUT2D eigenvalue weighted by molar-refractivity contribution is -0.908. The molecule has 0 unspecified atom stereocenters. The quantitative estimate of drug-likeness (QED) is 0.141. The zero-order chi connectivity index (χ0) is 19.3. The summed E-state index contributed by atoms with van der Waals surface area (Å²) in [4.78, 5) is 0. The lowest BCUT2D eigenvalue weighted by atomic mass is 10.1. The molecule has 0 N–H and O–H groups in total. The third-order valence-electron chi connectivity index (χ3n) is 6.37. The molecule has 0 aliphatic heterocycles. The van der Waals surface area contributed by atoms with Gasteiger partial charge in [0.2, 0.25) is 0 Å². The van der Waals surface area contributed by atoms with Gasteiger partial charge in [0.25, 0.3) is 0 Å². The molecule has 1 heteroatoms. The third kappa shape index (κ3) is 17.4. The Kier molecular flexibility index (Phi) is 19.7. The molecule has 0 spiro atoms. The minimum absolute atomic E-state index is 1.31. The highest BCUT2D eigenvalue weighted by Crippen LogP contribution is 2.14. The number of quaternary nitrogens is 1. The van der Waals surface area contributed by atoms with E-state index in [-0.39, 0.29) is 0 Å². The fourth-order valence-corrected chi connectivity index (χ4v) is 4.04. The fourth-order valence-electron chi connectivity index (χ4n) is 4.04. The molecule has 0 saturated carbocycles. The van der Waals surface area contributed by atoms with Crippen LogP contribution in [0.4, 0.5) is 0 Å². The van der Waals surface area contributed by atoms with Crippen molar-refractivity contribution in [3.63, 3.8) is 0 Å². The maximum Gasteiger partial charge on any atom is 0.0784 e. The first-order chi connectivity index (χ1) is 12.7. The van der Waals surface area contributed by atoms with E-state index >= 15 is 0 Å². The van der Waals surface area contributed by atoms with E-state index < -0.39 is 0 Å². The summed E-state index contributed by atoms with van der Waals surface area (Å²) >= 11 is 0. The highest BCUT2D eigenvalue weighted by atomic mass is 15.3. The Hall–Kier alpha value is -0.0400. The van der Waals surface area contributed by atoms with Gasteiger partial charge in [-0.25, -0.2) is 0 Å². The van der Waals surface area contributed by atoms with Gasteiger partial charge in [0.1, 0.15) is 0 Å². The molecule has 0 atom stereocenters. The first-order valence-corrected chi connectivity index (χ1v) is 12.5. The van der Waals surface area contributed by atoms with Crippen LogP contribution < -0.4 is 0 Å². The Labute approximate surface area is 167 Å². The van der Waals surface area contributed by atoms with Crippen molar-refractivity contribution in [2.75, 3.05) is 26.7 Å². The smallest absolute Gasteiger partial charge is 0.0784 e. The monoisotopic (exact) mass is 368 g/mol. The molecule has 0 fully saturated rings. The molecule has 0 saturated heterocycles. The van der Waals surface area contributed by atoms with Gasteiger partial charge >= 0.3 is 0 Å². The summed E-state index contributed by atoms with van der Waals surface area (Å²) in [7, 11) is 2.50. The molecule has 158 valence electrons. The normalized spacial score (nSPS) is 12.0. The molecule has 26 heavy (non-hydrogen) atoms. The van der Waals surface area contributed by atoms with Gasteiger partial charge in [-0.2, -0.15) is 0 Å². The van der Waals surface area contributed by atoms with Crippen molar-refractivity contribution in [1.29, 1.82) is 0 Å². The summed E-state index contributed by atoms with van der Waals surface area (Å²) in [5, 5.41) is 0. The second-order valence-electron chi connectivity index (χ2n) is 9.04. The van der Waals surface area contributed by atoms with E-state index in [0.29, 0.717) is 0 Å². The van der Waals surface area contributed by atoms with Crippen LogP contribution in [0.15, 0.2) is 0 Å². The molecule has 0 heterocycles. The minimum Gasteiger partial charge on any atom is -0.326 e. The van der Waals surface area contributed by atoms with Crippen LogP contribution in [-0.2, 0) is 0 Å². The van der Waals surface area contributed by atoms with Gasteiger partial charge in [-0.15, -0.1) is 0 Å². The predicted molar refractivity (Wildman–Crippen MR) is 121 cm³/mol. The van der Waals surface area contributed by atoms with E-state index in [2.05, 4.69) is 27.8 Å². The molecule has 0 aliphatic carbocycles. The summed E-state index contributed by atoms with van der Waals surface area (Å²) in [5.74, 6) is 0. The summed E-state index contributed by atoms with van der Waals surface area (Å²) in [6.07, 6.45) is 26.1. The number of hydrogen-bond acceptors (Lipinski definition) is 0. The summed E-state index contributed by atoms with van der Waals surface area (Å²) < 4.78 is 1.31. The molecule has 0 aromatic carbocycles. The molecule has 0 radical (unpaired) electrons. The van der Waals surface area contributed by atoms with Gasteiger partial charge < -0.3 is 4.48 Å². The number of rotatable bonds is 21. The Balaban J connectivity index is 3.49. The maximum atomic E-state index is 2.50. The van der Waals surface area contributed by atoms with E-state index in [1.165, 1.54) is 140 Å². The van der Waals surface area contributed by atoms with E-state index in [1.54, 1.807) is 0 Å². The van der Waals surface area contributed by atoms with Crippen LogP contribution >= 0.6 is 0 Å². The van der Waals surface area contributed by atoms with Crippen molar-refractivity contribution in [2.45, 2.75) is 136 Å². The first kappa shape index (κ1) is 26.0. The fraction of sp³-hybridized carbons (Fsp3) is 1.00. The summed E-state index contributed by atoms with van der Waals surface area (Å²) in [5.41, 5.74) is 0. The van der Waals surface area contributed by atoms with Crippen molar-refractivity contribution < 1.29 is 4.48 Å². The van der Waals surface area contributed by atoms with Crippen molar-refractivity contribution in [1.82, 2.24) is 0 Å². The van der Waals surface area contributed by atoms with Gasteiger partial charge in [0.15, 0.2) is 0 Å². The van der Waals surface area contributed by atoms with Gasteiger partial charge in [-0.1, -0.05) is 104 Å². The Morgan fingerprint density at radius 3 is 0.923 bits per heavy atom. The molecular formula is C25H54N+. The SMILES string of the molecule is CCCCCCCCCCC[N+](C)(CC)CCCCCCCCCCC. The van der Waals surface area contributed by atoms with Crippen LogP contribution in [0.3, 0.4) is 0 Å². The molecule has 0 aliphatic rings. The molecule has 0 aromatic heterocycles. The van der Waals surface area contributed by atoms with Crippen LogP contribution in [0.25, 0.3) is 0 Å².